The summed E-state index contributed by atoms with van der Waals surface area (Å²) in [5, 5.41) is 0.176. The molecular formula is C10H9ClN2O2. The van der Waals surface area contributed by atoms with Crippen LogP contribution in [-0.2, 0) is 6.61 Å². The maximum absolute atomic E-state index is 5.65. The minimum absolute atomic E-state index is 0.176. The molecule has 2 aromatic rings. The van der Waals surface area contributed by atoms with E-state index in [1.807, 2.05) is 13.0 Å². The minimum Gasteiger partial charge on any atom is -0.469 e. The number of rotatable bonds is 3. The normalized spacial score (nSPS) is 10.3. The van der Waals surface area contributed by atoms with Gasteiger partial charge in [0.2, 0.25) is 11.2 Å². The van der Waals surface area contributed by atoms with Gasteiger partial charge in [-0.15, -0.1) is 0 Å². The Hall–Kier alpha value is -1.55. The number of aryl methyl sites for hydroxylation is 1. The van der Waals surface area contributed by atoms with Crippen LogP contribution in [-0.4, -0.2) is 9.97 Å². The molecule has 78 valence electrons. The van der Waals surface area contributed by atoms with E-state index in [1.54, 1.807) is 18.5 Å². The SMILES string of the molecule is Cc1cnc(Cl)nc1OCc1ccco1. The van der Waals surface area contributed by atoms with E-state index in [4.69, 9.17) is 20.8 Å². The standard InChI is InChI=1S/C10H9ClN2O2/c1-7-5-12-10(11)13-9(7)15-6-8-3-2-4-14-8/h2-5H,6H2,1H3. The maximum Gasteiger partial charge on any atom is 0.225 e. The van der Waals surface area contributed by atoms with Crippen molar-refractivity contribution in [2.45, 2.75) is 13.5 Å². The average Bonchev–Trinajstić information content (AvgIpc) is 2.72. The molecule has 0 aliphatic carbocycles. The van der Waals surface area contributed by atoms with Gasteiger partial charge in [0, 0.05) is 11.8 Å². The highest BCUT2D eigenvalue weighted by Gasteiger charge is 2.04. The second-order valence-corrected chi connectivity index (χ2v) is 3.33. The zero-order valence-electron chi connectivity index (χ0n) is 8.11. The van der Waals surface area contributed by atoms with Crippen molar-refractivity contribution >= 4 is 11.6 Å². The van der Waals surface area contributed by atoms with E-state index in [0.29, 0.717) is 12.5 Å². The van der Waals surface area contributed by atoms with Crippen LogP contribution in [0.2, 0.25) is 5.28 Å². The van der Waals surface area contributed by atoms with Gasteiger partial charge in [0.05, 0.1) is 6.26 Å². The monoisotopic (exact) mass is 224 g/mol. The van der Waals surface area contributed by atoms with E-state index in [9.17, 15) is 0 Å². The van der Waals surface area contributed by atoms with Gasteiger partial charge in [0.15, 0.2) is 0 Å². The Balaban J connectivity index is 2.07. The van der Waals surface area contributed by atoms with Crippen molar-refractivity contribution in [1.29, 1.82) is 0 Å². The first-order valence-electron chi connectivity index (χ1n) is 4.40. The predicted molar refractivity (Wildman–Crippen MR) is 54.8 cm³/mol. The summed E-state index contributed by atoms with van der Waals surface area (Å²) in [5.41, 5.74) is 0.839. The van der Waals surface area contributed by atoms with Gasteiger partial charge in [-0.3, -0.25) is 0 Å². The van der Waals surface area contributed by atoms with Crippen molar-refractivity contribution in [3.8, 4) is 5.88 Å². The molecule has 0 unspecified atom stereocenters. The molecule has 0 N–H and O–H groups in total. The van der Waals surface area contributed by atoms with E-state index in [-0.39, 0.29) is 5.28 Å². The first kappa shape index (κ1) is 9.98. The van der Waals surface area contributed by atoms with Gasteiger partial charge in [0.25, 0.3) is 0 Å². The van der Waals surface area contributed by atoms with Crippen molar-refractivity contribution in [1.82, 2.24) is 9.97 Å². The Kier molecular flexibility index (Phi) is 2.87. The molecule has 2 heterocycles. The first-order valence-corrected chi connectivity index (χ1v) is 4.78. The highest BCUT2D eigenvalue weighted by Crippen LogP contribution is 2.16. The van der Waals surface area contributed by atoms with Gasteiger partial charge in [0.1, 0.15) is 12.4 Å². The van der Waals surface area contributed by atoms with Gasteiger partial charge in [-0.1, -0.05) is 0 Å². The number of furan rings is 1. The van der Waals surface area contributed by atoms with E-state index < -0.39 is 0 Å². The van der Waals surface area contributed by atoms with E-state index >= 15 is 0 Å². The summed E-state index contributed by atoms with van der Waals surface area (Å²) in [7, 11) is 0. The summed E-state index contributed by atoms with van der Waals surface area (Å²) in [5.74, 6) is 1.22. The van der Waals surface area contributed by atoms with Crippen LogP contribution in [0.3, 0.4) is 0 Å². The van der Waals surface area contributed by atoms with Crippen LogP contribution in [0, 0.1) is 6.92 Å². The first-order chi connectivity index (χ1) is 7.25. The third kappa shape index (κ3) is 2.47. The third-order valence-corrected chi connectivity index (χ3v) is 2.01. The molecule has 0 bridgehead atoms. The summed E-state index contributed by atoms with van der Waals surface area (Å²) >= 11 is 5.65. The van der Waals surface area contributed by atoms with Crippen LogP contribution < -0.4 is 4.74 Å². The van der Waals surface area contributed by atoms with Crippen LogP contribution >= 0.6 is 11.6 Å². The molecule has 0 aliphatic heterocycles. The summed E-state index contributed by atoms with van der Waals surface area (Å²) in [6.45, 7) is 2.19. The van der Waals surface area contributed by atoms with Crippen molar-refractivity contribution in [3.05, 3.63) is 41.2 Å². The molecule has 5 heteroatoms. The molecule has 15 heavy (non-hydrogen) atoms. The Morgan fingerprint density at radius 1 is 1.53 bits per heavy atom. The highest BCUT2D eigenvalue weighted by atomic mass is 35.5. The quantitative estimate of drug-likeness (QED) is 0.752. The number of hydrogen-bond acceptors (Lipinski definition) is 4. The molecule has 0 radical (unpaired) electrons. The Morgan fingerprint density at radius 2 is 2.40 bits per heavy atom. The molecule has 0 fully saturated rings. The summed E-state index contributed by atoms with van der Waals surface area (Å²) in [6.07, 6.45) is 3.21. The fraction of sp³-hybridized carbons (Fsp3) is 0.200. The third-order valence-electron chi connectivity index (χ3n) is 1.83. The molecular weight excluding hydrogens is 216 g/mol. The molecule has 0 atom stereocenters. The lowest BCUT2D eigenvalue weighted by atomic mass is 10.4. The van der Waals surface area contributed by atoms with Crippen molar-refractivity contribution < 1.29 is 9.15 Å². The molecule has 0 aromatic carbocycles. The molecule has 0 spiro atoms. The number of halogens is 1. The number of nitrogens with zero attached hydrogens (tertiary/aromatic N) is 2. The lowest BCUT2D eigenvalue weighted by Crippen LogP contribution is -1.99. The fourth-order valence-corrected chi connectivity index (χ4v) is 1.21. The van der Waals surface area contributed by atoms with Crippen molar-refractivity contribution in [2.24, 2.45) is 0 Å². The summed E-state index contributed by atoms with van der Waals surface area (Å²) in [6, 6.07) is 3.64. The molecule has 0 aliphatic rings. The Morgan fingerprint density at radius 3 is 3.13 bits per heavy atom. The zero-order valence-corrected chi connectivity index (χ0v) is 8.86. The molecule has 0 saturated heterocycles. The van der Waals surface area contributed by atoms with Crippen LogP contribution in [0.25, 0.3) is 0 Å². The van der Waals surface area contributed by atoms with Crippen LogP contribution in [0.4, 0.5) is 0 Å². The van der Waals surface area contributed by atoms with Gasteiger partial charge in [-0.2, -0.15) is 4.98 Å². The van der Waals surface area contributed by atoms with Crippen LogP contribution in [0.1, 0.15) is 11.3 Å². The van der Waals surface area contributed by atoms with Crippen LogP contribution in [0.15, 0.2) is 29.0 Å². The second kappa shape index (κ2) is 4.31. The minimum atomic E-state index is 0.176. The zero-order chi connectivity index (χ0) is 10.7. The van der Waals surface area contributed by atoms with Gasteiger partial charge in [-0.05, 0) is 30.7 Å². The lowest BCUT2D eigenvalue weighted by Gasteiger charge is -2.05. The average molecular weight is 225 g/mol. The maximum atomic E-state index is 5.65. The second-order valence-electron chi connectivity index (χ2n) is 3.00. The number of ether oxygens (including phenoxy) is 1. The van der Waals surface area contributed by atoms with Crippen molar-refractivity contribution in [2.75, 3.05) is 0 Å². The van der Waals surface area contributed by atoms with E-state index in [1.165, 1.54) is 0 Å². The lowest BCUT2D eigenvalue weighted by molar-refractivity contribution is 0.258. The molecule has 0 amide bonds. The number of hydrogen-bond donors (Lipinski definition) is 0. The summed E-state index contributed by atoms with van der Waals surface area (Å²) < 4.78 is 10.6. The van der Waals surface area contributed by atoms with Gasteiger partial charge in [-0.25, -0.2) is 4.98 Å². The van der Waals surface area contributed by atoms with Crippen molar-refractivity contribution in [3.63, 3.8) is 0 Å². The Bertz CT molecular complexity index is 443. The molecule has 0 saturated carbocycles. The van der Waals surface area contributed by atoms with E-state index in [0.717, 1.165) is 11.3 Å². The molecule has 2 aromatic heterocycles. The summed E-state index contributed by atoms with van der Waals surface area (Å²) in [4.78, 5) is 7.80. The van der Waals surface area contributed by atoms with E-state index in [2.05, 4.69) is 9.97 Å². The van der Waals surface area contributed by atoms with Gasteiger partial charge < -0.3 is 9.15 Å². The smallest absolute Gasteiger partial charge is 0.225 e. The number of aromatic nitrogens is 2. The topological polar surface area (TPSA) is 48.2 Å². The predicted octanol–water partition coefficient (Wildman–Crippen LogP) is 2.61. The largest absolute Gasteiger partial charge is 0.469 e. The molecule has 4 nitrogen and oxygen atoms in total. The Labute approximate surface area is 91.9 Å². The van der Waals surface area contributed by atoms with Crippen LogP contribution in [0.5, 0.6) is 5.88 Å². The fourth-order valence-electron chi connectivity index (χ4n) is 1.09. The highest BCUT2D eigenvalue weighted by molar-refractivity contribution is 6.28. The molecule has 2 rings (SSSR count). The van der Waals surface area contributed by atoms with Gasteiger partial charge >= 0.3 is 0 Å².